The number of hydrogen-bond acceptors (Lipinski definition) is 4. The Morgan fingerprint density at radius 3 is 2.52 bits per heavy atom. The molecule has 0 bridgehead atoms. The van der Waals surface area contributed by atoms with Crippen molar-refractivity contribution in [1.29, 1.82) is 0 Å². The van der Waals surface area contributed by atoms with Gasteiger partial charge >= 0.3 is 0 Å². The summed E-state index contributed by atoms with van der Waals surface area (Å²) in [5, 5.41) is 4.40. The first kappa shape index (κ1) is 18.7. The van der Waals surface area contributed by atoms with Gasteiger partial charge < -0.3 is 4.74 Å². The van der Waals surface area contributed by atoms with Crippen molar-refractivity contribution in [2.24, 2.45) is 0 Å². The highest BCUT2D eigenvalue weighted by molar-refractivity contribution is 5.59. The van der Waals surface area contributed by atoms with Crippen molar-refractivity contribution >= 4 is 0 Å². The van der Waals surface area contributed by atoms with E-state index in [1.807, 2.05) is 13.0 Å². The monoisotopic (exact) mass is 371 g/mol. The number of pyridine rings is 1. The van der Waals surface area contributed by atoms with Crippen LogP contribution in [-0.4, -0.2) is 27.3 Å². The van der Waals surface area contributed by atoms with Crippen LogP contribution in [0.2, 0.25) is 0 Å². The van der Waals surface area contributed by atoms with Gasteiger partial charge in [-0.15, -0.1) is 0 Å². The van der Waals surface area contributed by atoms with E-state index in [0.717, 1.165) is 23.6 Å². The summed E-state index contributed by atoms with van der Waals surface area (Å²) < 4.78 is 32.2. The Labute approximate surface area is 155 Å². The molecule has 0 saturated heterocycles. The number of nitrogens with zero attached hydrogens (tertiary/aromatic N) is 3. The van der Waals surface area contributed by atoms with Crippen LogP contribution >= 0.6 is 0 Å². The summed E-state index contributed by atoms with van der Waals surface area (Å²) in [5.41, 5.74) is 3.02. The van der Waals surface area contributed by atoms with Crippen LogP contribution in [0.5, 0.6) is 5.75 Å². The maximum absolute atomic E-state index is 12.9. The average molecular weight is 371 g/mol. The van der Waals surface area contributed by atoms with E-state index in [-0.39, 0.29) is 5.56 Å². The molecule has 0 unspecified atom stereocenters. The van der Waals surface area contributed by atoms with E-state index in [0.29, 0.717) is 18.0 Å². The molecule has 140 valence electrons. The highest BCUT2D eigenvalue weighted by atomic mass is 19.3. The number of benzene rings is 1. The first-order valence-electron chi connectivity index (χ1n) is 8.40. The Kier molecular flexibility index (Phi) is 5.30. The van der Waals surface area contributed by atoms with Crippen LogP contribution < -0.4 is 10.3 Å². The van der Waals surface area contributed by atoms with Gasteiger partial charge in [-0.2, -0.15) is 5.10 Å². The van der Waals surface area contributed by atoms with Crippen molar-refractivity contribution in [3.05, 3.63) is 76.3 Å². The molecule has 27 heavy (non-hydrogen) atoms. The molecule has 0 amide bonds. The number of aryl methyl sites for hydroxylation is 1. The van der Waals surface area contributed by atoms with Gasteiger partial charge in [-0.1, -0.05) is 6.07 Å². The molecule has 0 aliphatic rings. The van der Waals surface area contributed by atoms with Crippen LogP contribution in [0, 0.1) is 6.92 Å². The lowest BCUT2D eigenvalue weighted by Gasteiger charge is -2.12. The summed E-state index contributed by atoms with van der Waals surface area (Å²) in [7, 11) is 0. The third kappa shape index (κ3) is 5.20. The smallest absolute Gasteiger partial charge is 0.278 e. The van der Waals surface area contributed by atoms with Gasteiger partial charge in [0.1, 0.15) is 5.75 Å². The molecule has 1 aromatic carbocycles. The number of hydrogen-bond donors (Lipinski definition) is 0. The highest BCUT2D eigenvalue weighted by Crippen LogP contribution is 2.21. The normalized spacial score (nSPS) is 11.4. The van der Waals surface area contributed by atoms with Crippen LogP contribution in [0.15, 0.2) is 59.7 Å². The minimum absolute atomic E-state index is 0.217. The van der Waals surface area contributed by atoms with Crippen molar-refractivity contribution in [2.45, 2.75) is 26.3 Å². The lowest BCUT2D eigenvalue weighted by atomic mass is 10.1. The van der Waals surface area contributed by atoms with Crippen LogP contribution in [0.4, 0.5) is 8.78 Å². The molecule has 0 spiro atoms. The summed E-state index contributed by atoms with van der Waals surface area (Å²) in [6, 6.07) is 11.7. The number of ether oxygens (including phenoxy) is 1. The molecule has 0 aliphatic heterocycles. The predicted octanol–water partition coefficient (Wildman–Crippen LogP) is 3.70. The quantitative estimate of drug-likeness (QED) is 0.663. The fourth-order valence-corrected chi connectivity index (χ4v) is 2.53. The van der Waals surface area contributed by atoms with E-state index in [2.05, 4.69) is 10.1 Å². The summed E-state index contributed by atoms with van der Waals surface area (Å²) in [5.74, 6) is -2.54. The highest BCUT2D eigenvalue weighted by Gasteiger charge is 2.21. The minimum atomic E-state index is -2.89. The molecule has 3 rings (SSSR count). The molecule has 7 heteroatoms. The molecule has 0 saturated carbocycles. The standard InChI is InChI=1S/C20H19F2N3O2/c1-14-9-15(11-23-10-14)12-25-19(26)8-7-18(24-25)16-3-5-17(6-4-16)27-13-20(2,21)22/h3-11H,12-13H2,1-2H3. The molecule has 2 heterocycles. The first-order valence-corrected chi connectivity index (χ1v) is 8.40. The molecular weight excluding hydrogens is 352 g/mol. The van der Waals surface area contributed by atoms with E-state index in [4.69, 9.17) is 4.74 Å². The Morgan fingerprint density at radius 2 is 1.85 bits per heavy atom. The molecular formula is C20H19F2N3O2. The Morgan fingerprint density at radius 1 is 1.11 bits per heavy atom. The van der Waals surface area contributed by atoms with Crippen LogP contribution in [0.25, 0.3) is 11.3 Å². The Balaban J connectivity index is 1.80. The van der Waals surface area contributed by atoms with E-state index >= 15 is 0 Å². The van der Waals surface area contributed by atoms with Gasteiger partial charge in [-0.3, -0.25) is 9.78 Å². The van der Waals surface area contributed by atoms with Gasteiger partial charge in [-0.25, -0.2) is 13.5 Å². The van der Waals surface area contributed by atoms with E-state index in [1.165, 1.54) is 10.7 Å². The van der Waals surface area contributed by atoms with Crippen molar-refractivity contribution in [2.75, 3.05) is 6.61 Å². The van der Waals surface area contributed by atoms with Gasteiger partial charge in [-0.05, 0) is 48.4 Å². The fourth-order valence-electron chi connectivity index (χ4n) is 2.53. The first-order chi connectivity index (χ1) is 12.8. The summed E-state index contributed by atoms with van der Waals surface area (Å²) in [6.45, 7) is 2.37. The Bertz CT molecular complexity index is 980. The maximum Gasteiger partial charge on any atom is 0.278 e. The molecule has 2 aromatic heterocycles. The number of halogens is 2. The van der Waals surface area contributed by atoms with Crippen molar-refractivity contribution in [3.63, 3.8) is 0 Å². The lowest BCUT2D eigenvalue weighted by molar-refractivity contribution is -0.0229. The van der Waals surface area contributed by atoms with Crippen LogP contribution in [0.1, 0.15) is 18.1 Å². The zero-order valence-electron chi connectivity index (χ0n) is 15.0. The fraction of sp³-hybridized carbons (Fsp3) is 0.250. The van der Waals surface area contributed by atoms with E-state index < -0.39 is 12.5 Å². The zero-order chi connectivity index (χ0) is 19.4. The summed E-state index contributed by atoms with van der Waals surface area (Å²) >= 11 is 0. The van der Waals surface area contributed by atoms with Crippen molar-refractivity contribution in [3.8, 4) is 17.0 Å². The van der Waals surface area contributed by atoms with Gasteiger partial charge in [0.05, 0.1) is 12.2 Å². The van der Waals surface area contributed by atoms with Gasteiger partial charge in [0.2, 0.25) is 0 Å². The second kappa shape index (κ2) is 7.65. The third-order valence-electron chi connectivity index (χ3n) is 3.77. The van der Waals surface area contributed by atoms with Crippen LogP contribution in [-0.2, 0) is 6.54 Å². The average Bonchev–Trinajstić information content (AvgIpc) is 2.62. The second-order valence-electron chi connectivity index (χ2n) is 6.47. The summed E-state index contributed by atoms with van der Waals surface area (Å²) in [4.78, 5) is 16.2. The zero-order valence-corrected chi connectivity index (χ0v) is 15.0. The molecule has 5 nitrogen and oxygen atoms in total. The maximum atomic E-state index is 12.9. The Hall–Kier alpha value is -3.09. The van der Waals surface area contributed by atoms with E-state index in [9.17, 15) is 13.6 Å². The predicted molar refractivity (Wildman–Crippen MR) is 98.1 cm³/mol. The van der Waals surface area contributed by atoms with Crippen LogP contribution in [0.3, 0.4) is 0 Å². The summed E-state index contributed by atoms with van der Waals surface area (Å²) in [6.07, 6.45) is 3.44. The SMILES string of the molecule is Cc1cncc(Cn2nc(-c3ccc(OCC(C)(F)F)cc3)ccc2=O)c1. The number of alkyl halides is 2. The molecule has 0 atom stereocenters. The van der Waals surface area contributed by atoms with Crippen molar-refractivity contribution in [1.82, 2.24) is 14.8 Å². The van der Waals surface area contributed by atoms with E-state index in [1.54, 1.807) is 42.7 Å². The molecule has 0 radical (unpaired) electrons. The second-order valence-corrected chi connectivity index (χ2v) is 6.47. The molecule has 0 fully saturated rings. The van der Waals surface area contributed by atoms with Gasteiger partial charge in [0.15, 0.2) is 6.61 Å². The lowest BCUT2D eigenvalue weighted by Crippen LogP contribution is -2.23. The number of aromatic nitrogens is 3. The minimum Gasteiger partial charge on any atom is -0.487 e. The number of rotatable bonds is 6. The van der Waals surface area contributed by atoms with Gasteiger partial charge in [0.25, 0.3) is 11.5 Å². The van der Waals surface area contributed by atoms with Crippen molar-refractivity contribution < 1.29 is 13.5 Å². The molecule has 0 aliphatic carbocycles. The topological polar surface area (TPSA) is 57.0 Å². The molecule has 0 N–H and O–H groups in total. The molecule has 3 aromatic rings. The third-order valence-corrected chi connectivity index (χ3v) is 3.77. The largest absolute Gasteiger partial charge is 0.487 e. The van der Waals surface area contributed by atoms with Gasteiger partial charge in [0, 0.05) is 30.9 Å².